The highest BCUT2D eigenvalue weighted by atomic mass is 35.5. The summed E-state index contributed by atoms with van der Waals surface area (Å²) in [7, 11) is 0. The molecule has 3 aromatic rings. The standard InChI is InChI=1S/C14H13ClN4/c1-9(16)13-18-12-3-2-8-17-14(12)19(13)11-6-4-10(15)5-7-11/h2-9H,16H2,1H3/t9-/m0/s1. The predicted octanol–water partition coefficient (Wildman–Crippen LogP) is 3.09. The van der Waals surface area contributed by atoms with Gasteiger partial charge in [-0.2, -0.15) is 0 Å². The first kappa shape index (κ1) is 12.1. The number of rotatable bonds is 2. The molecule has 1 aromatic carbocycles. The van der Waals surface area contributed by atoms with Gasteiger partial charge in [0.05, 0.1) is 6.04 Å². The topological polar surface area (TPSA) is 56.7 Å². The molecule has 0 aliphatic carbocycles. The maximum atomic E-state index is 6.01. The molecule has 0 aliphatic heterocycles. The Hall–Kier alpha value is -1.91. The minimum atomic E-state index is -0.176. The normalized spacial score (nSPS) is 12.8. The molecule has 0 bridgehead atoms. The molecule has 1 atom stereocenters. The van der Waals surface area contributed by atoms with E-state index in [2.05, 4.69) is 9.97 Å². The van der Waals surface area contributed by atoms with Crippen LogP contribution in [0, 0.1) is 0 Å². The van der Waals surface area contributed by atoms with E-state index >= 15 is 0 Å². The molecule has 19 heavy (non-hydrogen) atoms. The molecule has 0 spiro atoms. The summed E-state index contributed by atoms with van der Waals surface area (Å²) >= 11 is 5.93. The van der Waals surface area contributed by atoms with Crippen LogP contribution in [0.25, 0.3) is 16.9 Å². The van der Waals surface area contributed by atoms with Crippen molar-refractivity contribution in [3.8, 4) is 5.69 Å². The third-order valence-electron chi connectivity index (χ3n) is 2.93. The van der Waals surface area contributed by atoms with E-state index in [9.17, 15) is 0 Å². The lowest BCUT2D eigenvalue weighted by Crippen LogP contribution is -2.12. The molecule has 5 heteroatoms. The first-order valence-electron chi connectivity index (χ1n) is 6.01. The molecule has 96 valence electrons. The summed E-state index contributed by atoms with van der Waals surface area (Å²) < 4.78 is 1.97. The van der Waals surface area contributed by atoms with Crippen molar-refractivity contribution < 1.29 is 0 Å². The third-order valence-corrected chi connectivity index (χ3v) is 3.19. The molecule has 4 nitrogen and oxygen atoms in total. The summed E-state index contributed by atoms with van der Waals surface area (Å²) in [6.45, 7) is 1.91. The second-order valence-electron chi connectivity index (χ2n) is 4.42. The second kappa shape index (κ2) is 4.64. The van der Waals surface area contributed by atoms with Crippen LogP contribution < -0.4 is 5.73 Å². The van der Waals surface area contributed by atoms with Crippen molar-refractivity contribution in [1.82, 2.24) is 14.5 Å². The maximum Gasteiger partial charge on any atom is 0.164 e. The van der Waals surface area contributed by atoms with E-state index in [1.54, 1.807) is 6.20 Å². The predicted molar refractivity (Wildman–Crippen MR) is 76.5 cm³/mol. The quantitative estimate of drug-likeness (QED) is 0.780. The molecule has 0 amide bonds. The van der Waals surface area contributed by atoms with Crippen LogP contribution >= 0.6 is 11.6 Å². The van der Waals surface area contributed by atoms with Gasteiger partial charge < -0.3 is 5.73 Å². The number of hydrogen-bond donors (Lipinski definition) is 1. The van der Waals surface area contributed by atoms with Gasteiger partial charge in [0.1, 0.15) is 11.3 Å². The number of hydrogen-bond acceptors (Lipinski definition) is 3. The summed E-state index contributed by atoms with van der Waals surface area (Å²) in [4.78, 5) is 8.95. The van der Waals surface area contributed by atoms with Gasteiger partial charge in [-0.15, -0.1) is 0 Å². The van der Waals surface area contributed by atoms with E-state index in [-0.39, 0.29) is 6.04 Å². The summed E-state index contributed by atoms with van der Waals surface area (Å²) in [6, 6.07) is 11.2. The zero-order valence-electron chi connectivity index (χ0n) is 10.4. The minimum absolute atomic E-state index is 0.176. The van der Waals surface area contributed by atoms with Crippen molar-refractivity contribution >= 4 is 22.8 Å². The molecule has 2 heterocycles. The van der Waals surface area contributed by atoms with E-state index < -0.39 is 0 Å². The van der Waals surface area contributed by atoms with Crippen molar-refractivity contribution in [1.29, 1.82) is 0 Å². The fourth-order valence-corrected chi connectivity index (χ4v) is 2.21. The number of benzene rings is 1. The van der Waals surface area contributed by atoms with Gasteiger partial charge in [0, 0.05) is 16.9 Å². The van der Waals surface area contributed by atoms with Crippen LogP contribution in [0.15, 0.2) is 42.6 Å². The molecule has 3 rings (SSSR count). The highest BCUT2D eigenvalue weighted by Gasteiger charge is 2.15. The molecule has 0 unspecified atom stereocenters. The molecule has 0 saturated heterocycles. The molecule has 0 aliphatic rings. The Balaban J connectivity index is 2.31. The van der Waals surface area contributed by atoms with Gasteiger partial charge in [-0.25, -0.2) is 9.97 Å². The van der Waals surface area contributed by atoms with Gasteiger partial charge >= 0.3 is 0 Å². The Kier molecular flexibility index (Phi) is 2.97. The van der Waals surface area contributed by atoms with Crippen molar-refractivity contribution in [2.45, 2.75) is 13.0 Å². The average Bonchev–Trinajstić information content (AvgIpc) is 2.79. The fraction of sp³-hybridized carbons (Fsp3) is 0.143. The number of fused-ring (bicyclic) bond motifs is 1. The first-order valence-corrected chi connectivity index (χ1v) is 6.39. The molecule has 0 radical (unpaired) electrons. The lowest BCUT2D eigenvalue weighted by molar-refractivity contribution is 0.725. The van der Waals surface area contributed by atoms with Gasteiger partial charge in [-0.1, -0.05) is 11.6 Å². The lowest BCUT2D eigenvalue weighted by Gasteiger charge is -2.10. The fourth-order valence-electron chi connectivity index (χ4n) is 2.08. The Morgan fingerprint density at radius 3 is 2.63 bits per heavy atom. The molecule has 2 N–H and O–H groups in total. The monoisotopic (exact) mass is 272 g/mol. The van der Waals surface area contributed by atoms with E-state index in [1.807, 2.05) is 47.9 Å². The SMILES string of the molecule is C[C@H](N)c1nc2cccnc2n1-c1ccc(Cl)cc1. The molecular formula is C14H13ClN4. The van der Waals surface area contributed by atoms with Gasteiger partial charge in [0.25, 0.3) is 0 Å². The van der Waals surface area contributed by atoms with Crippen LogP contribution in [-0.4, -0.2) is 14.5 Å². The Bertz CT molecular complexity index is 716. The summed E-state index contributed by atoms with van der Waals surface area (Å²) in [6.07, 6.45) is 1.75. The van der Waals surface area contributed by atoms with Crippen LogP contribution in [0.4, 0.5) is 0 Å². The number of halogens is 1. The highest BCUT2D eigenvalue weighted by Crippen LogP contribution is 2.23. The van der Waals surface area contributed by atoms with E-state index in [0.717, 1.165) is 22.7 Å². The third kappa shape index (κ3) is 2.09. The molecule has 0 fully saturated rings. The van der Waals surface area contributed by atoms with Crippen LogP contribution in [0.3, 0.4) is 0 Å². The largest absolute Gasteiger partial charge is 0.322 e. The van der Waals surface area contributed by atoms with Crippen molar-refractivity contribution in [2.24, 2.45) is 5.73 Å². The van der Waals surface area contributed by atoms with Crippen molar-refractivity contribution in [3.05, 3.63) is 53.4 Å². The van der Waals surface area contributed by atoms with Gasteiger partial charge in [0.15, 0.2) is 5.65 Å². The number of nitrogens with two attached hydrogens (primary N) is 1. The maximum absolute atomic E-state index is 6.01. The zero-order chi connectivity index (χ0) is 13.4. The van der Waals surface area contributed by atoms with Crippen LogP contribution in [0.2, 0.25) is 5.02 Å². The van der Waals surface area contributed by atoms with Crippen molar-refractivity contribution in [2.75, 3.05) is 0 Å². The van der Waals surface area contributed by atoms with Gasteiger partial charge in [-0.05, 0) is 43.3 Å². The van der Waals surface area contributed by atoms with Crippen molar-refractivity contribution in [3.63, 3.8) is 0 Å². The zero-order valence-corrected chi connectivity index (χ0v) is 11.2. The molecule has 0 saturated carbocycles. The highest BCUT2D eigenvalue weighted by molar-refractivity contribution is 6.30. The van der Waals surface area contributed by atoms with Gasteiger partial charge in [0.2, 0.25) is 0 Å². The van der Waals surface area contributed by atoms with E-state index in [4.69, 9.17) is 17.3 Å². The van der Waals surface area contributed by atoms with Crippen LogP contribution in [-0.2, 0) is 0 Å². The lowest BCUT2D eigenvalue weighted by atomic mass is 10.3. The number of pyridine rings is 1. The average molecular weight is 273 g/mol. The minimum Gasteiger partial charge on any atom is -0.322 e. The van der Waals surface area contributed by atoms with Crippen LogP contribution in [0.1, 0.15) is 18.8 Å². The first-order chi connectivity index (χ1) is 9.16. The molecular weight excluding hydrogens is 260 g/mol. The number of aromatic nitrogens is 3. The number of nitrogens with zero attached hydrogens (tertiary/aromatic N) is 3. The van der Waals surface area contributed by atoms with Gasteiger partial charge in [-0.3, -0.25) is 4.57 Å². The smallest absolute Gasteiger partial charge is 0.164 e. The second-order valence-corrected chi connectivity index (χ2v) is 4.85. The Labute approximate surface area is 115 Å². The van der Waals surface area contributed by atoms with E-state index in [0.29, 0.717) is 5.02 Å². The summed E-state index contributed by atoms with van der Waals surface area (Å²) in [5.74, 6) is 0.788. The Morgan fingerprint density at radius 2 is 1.95 bits per heavy atom. The van der Waals surface area contributed by atoms with E-state index in [1.165, 1.54) is 0 Å². The number of imidazole rings is 1. The molecule has 2 aromatic heterocycles. The van der Waals surface area contributed by atoms with Crippen LogP contribution in [0.5, 0.6) is 0 Å². The summed E-state index contributed by atoms with van der Waals surface area (Å²) in [5, 5.41) is 0.698. The summed E-state index contributed by atoms with van der Waals surface area (Å²) in [5.41, 5.74) is 8.61. The Morgan fingerprint density at radius 1 is 1.21 bits per heavy atom.